The van der Waals surface area contributed by atoms with Crippen LogP contribution in [0, 0.1) is 5.92 Å². The molecule has 0 bridgehead atoms. The molecule has 0 spiro atoms. The summed E-state index contributed by atoms with van der Waals surface area (Å²) < 4.78 is 68.5. The van der Waals surface area contributed by atoms with E-state index >= 15 is 0 Å². The Morgan fingerprint density at radius 1 is 0.278 bits per heavy atom. The van der Waals surface area contributed by atoms with E-state index in [0.717, 1.165) is 109 Å². The Morgan fingerprint density at radius 3 is 0.701 bits per heavy atom. The van der Waals surface area contributed by atoms with Crippen molar-refractivity contribution in [3.63, 3.8) is 0 Å². The van der Waals surface area contributed by atoms with E-state index in [1.54, 1.807) is 0 Å². The highest BCUT2D eigenvalue weighted by atomic mass is 31.2. The Hall–Kier alpha value is -1.94. The zero-order chi connectivity index (χ0) is 71.2. The number of aliphatic hydroxyl groups excluding tert-OH is 1. The third-order valence-corrected chi connectivity index (χ3v) is 20.2. The number of carbonyl (C=O) groups is 4. The van der Waals surface area contributed by atoms with Gasteiger partial charge in [-0.15, -0.1) is 0 Å². The average Bonchev–Trinajstić information content (AvgIpc) is 1.45. The third kappa shape index (κ3) is 72.2. The molecular formula is C78H152O17P2. The van der Waals surface area contributed by atoms with Crippen LogP contribution in [-0.2, 0) is 65.4 Å². The minimum atomic E-state index is -4.96. The molecule has 2 unspecified atom stereocenters. The summed E-state index contributed by atoms with van der Waals surface area (Å²) in [6, 6.07) is 0. The smallest absolute Gasteiger partial charge is 0.462 e. The molecule has 0 aliphatic rings. The van der Waals surface area contributed by atoms with Gasteiger partial charge in [-0.2, -0.15) is 0 Å². The molecule has 0 amide bonds. The van der Waals surface area contributed by atoms with Crippen molar-refractivity contribution >= 4 is 39.5 Å². The number of aliphatic hydroxyl groups is 1. The highest BCUT2D eigenvalue weighted by Gasteiger charge is 2.30. The number of ether oxygens (including phenoxy) is 4. The molecule has 0 aromatic heterocycles. The van der Waals surface area contributed by atoms with Crippen molar-refractivity contribution in [3.8, 4) is 0 Å². The van der Waals surface area contributed by atoms with Crippen molar-refractivity contribution in [2.75, 3.05) is 39.6 Å². The standard InChI is InChI=1S/C78H152O17P2/c1-6-9-12-15-18-20-22-24-25-31-35-38-42-47-52-57-62-76(81)89-68-74(95-78(83)64-59-54-49-44-40-36-32-29-27-26-28-30-34-37-41-46-50-55-60-71(4)5)70-93-97(86,87)91-66-72(79)65-90-96(84,85)92-69-73(67-88-75(80)61-56-51-45-17-14-11-8-3)94-77(82)63-58-53-48-43-39-33-23-21-19-16-13-10-7-2/h71-74,79H,6-70H2,1-5H3,(H,84,85)(H,86,87)/t72-,73+,74+/m0/s1. The van der Waals surface area contributed by atoms with E-state index in [1.807, 2.05) is 0 Å². The summed E-state index contributed by atoms with van der Waals surface area (Å²) in [4.78, 5) is 72.7. The van der Waals surface area contributed by atoms with E-state index < -0.39 is 97.5 Å². The van der Waals surface area contributed by atoms with Crippen LogP contribution in [0.4, 0.5) is 0 Å². The molecule has 0 rings (SSSR count). The first kappa shape index (κ1) is 95.1. The van der Waals surface area contributed by atoms with Crippen molar-refractivity contribution in [1.82, 2.24) is 0 Å². The van der Waals surface area contributed by atoms with Gasteiger partial charge in [0.05, 0.1) is 26.4 Å². The molecule has 0 aliphatic carbocycles. The first-order valence-electron chi connectivity index (χ1n) is 40.6. The third-order valence-electron chi connectivity index (χ3n) is 18.3. The van der Waals surface area contributed by atoms with Crippen LogP contribution in [0.2, 0.25) is 0 Å². The highest BCUT2D eigenvalue weighted by Crippen LogP contribution is 2.45. The van der Waals surface area contributed by atoms with Crippen LogP contribution in [0.3, 0.4) is 0 Å². The van der Waals surface area contributed by atoms with E-state index in [2.05, 4.69) is 34.6 Å². The van der Waals surface area contributed by atoms with Crippen molar-refractivity contribution in [1.29, 1.82) is 0 Å². The van der Waals surface area contributed by atoms with Gasteiger partial charge in [-0.1, -0.05) is 362 Å². The normalized spacial score (nSPS) is 13.9. The number of hydrogen-bond donors (Lipinski definition) is 3. The predicted octanol–water partition coefficient (Wildman–Crippen LogP) is 23.3. The molecular weight excluding hydrogens is 1270 g/mol. The summed E-state index contributed by atoms with van der Waals surface area (Å²) in [6.07, 6.45) is 61.2. The maximum Gasteiger partial charge on any atom is 0.472 e. The van der Waals surface area contributed by atoms with Crippen molar-refractivity contribution < 1.29 is 80.2 Å². The van der Waals surface area contributed by atoms with Gasteiger partial charge in [-0.05, 0) is 31.6 Å². The van der Waals surface area contributed by atoms with E-state index in [9.17, 15) is 43.2 Å². The van der Waals surface area contributed by atoms with E-state index in [1.165, 1.54) is 225 Å². The molecule has 0 fully saturated rings. The zero-order valence-corrected chi connectivity index (χ0v) is 65.0. The second-order valence-electron chi connectivity index (χ2n) is 28.6. The zero-order valence-electron chi connectivity index (χ0n) is 63.2. The number of hydrogen-bond acceptors (Lipinski definition) is 15. The van der Waals surface area contributed by atoms with Gasteiger partial charge in [0.1, 0.15) is 19.3 Å². The Bertz CT molecular complexity index is 1860. The second kappa shape index (κ2) is 71.1. The molecule has 0 aliphatic heterocycles. The molecule has 3 N–H and O–H groups in total. The van der Waals surface area contributed by atoms with Crippen LogP contribution >= 0.6 is 15.6 Å². The van der Waals surface area contributed by atoms with Crippen molar-refractivity contribution in [3.05, 3.63) is 0 Å². The summed E-state index contributed by atoms with van der Waals surface area (Å²) in [7, 11) is -9.91. The average molecular weight is 1420 g/mol. The first-order valence-corrected chi connectivity index (χ1v) is 43.6. The number of carbonyl (C=O) groups excluding carboxylic acids is 4. The van der Waals surface area contributed by atoms with Gasteiger partial charge in [0.2, 0.25) is 0 Å². The minimum absolute atomic E-state index is 0.108. The lowest BCUT2D eigenvalue weighted by Gasteiger charge is -2.21. The Morgan fingerprint density at radius 2 is 0.474 bits per heavy atom. The fourth-order valence-corrected chi connectivity index (χ4v) is 13.6. The molecule has 576 valence electrons. The van der Waals surface area contributed by atoms with Crippen molar-refractivity contribution in [2.45, 2.75) is 432 Å². The lowest BCUT2D eigenvalue weighted by atomic mass is 10.0. The number of phosphoric ester groups is 2. The van der Waals surface area contributed by atoms with Gasteiger partial charge >= 0.3 is 39.5 Å². The SMILES string of the molecule is CCCCCCCCCCCCCCCCCCC(=O)OC[C@H](COP(=O)(O)OC[C@@H](O)COP(=O)(O)OC[C@@H](COC(=O)CCCCCCCCC)OC(=O)CCCCCCCCCCCCCCC)OC(=O)CCCCCCCCCCCCCCCCCCCCC(C)C. The lowest BCUT2D eigenvalue weighted by Crippen LogP contribution is -2.30. The molecule has 0 heterocycles. The molecule has 0 radical (unpaired) electrons. The summed E-state index contributed by atoms with van der Waals surface area (Å²) in [6.45, 7) is 7.31. The first-order chi connectivity index (χ1) is 47.0. The maximum atomic E-state index is 13.1. The molecule has 0 aromatic rings. The fraction of sp³-hybridized carbons (Fsp3) is 0.949. The summed E-state index contributed by atoms with van der Waals surface area (Å²) in [5.41, 5.74) is 0. The topological polar surface area (TPSA) is 237 Å². The number of phosphoric acid groups is 2. The van der Waals surface area contributed by atoms with Gasteiger partial charge < -0.3 is 33.8 Å². The molecule has 0 saturated carbocycles. The molecule has 0 aromatic carbocycles. The van der Waals surface area contributed by atoms with Crippen LogP contribution in [0.15, 0.2) is 0 Å². The van der Waals surface area contributed by atoms with Gasteiger partial charge in [0, 0.05) is 25.7 Å². The van der Waals surface area contributed by atoms with Gasteiger partial charge in [0.25, 0.3) is 0 Å². The highest BCUT2D eigenvalue weighted by molar-refractivity contribution is 7.47. The number of unbranched alkanes of at least 4 members (excludes halogenated alkanes) is 50. The lowest BCUT2D eigenvalue weighted by molar-refractivity contribution is -0.161. The van der Waals surface area contributed by atoms with E-state index in [-0.39, 0.29) is 25.7 Å². The van der Waals surface area contributed by atoms with Crippen LogP contribution < -0.4 is 0 Å². The molecule has 0 saturated heterocycles. The number of rotatable bonds is 78. The Balaban J connectivity index is 5.17. The van der Waals surface area contributed by atoms with E-state index in [0.29, 0.717) is 25.7 Å². The van der Waals surface area contributed by atoms with Gasteiger partial charge in [-0.3, -0.25) is 37.3 Å². The van der Waals surface area contributed by atoms with Crippen LogP contribution in [-0.4, -0.2) is 96.7 Å². The van der Waals surface area contributed by atoms with Crippen LogP contribution in [0.1, 0.15) is 413 Å². The van der Waals surface area contributed by atoms with Crippen molar-refractivity contribution in [2.24, 2.45) is 5.92 Å². The van der Waals surface area contributed by atoms with Gasteiger partial charge in [0.15, 0.2) is 12.2 Å². The van der Waals surface area contributed by atoms with Crippen LogP contribution in [0.5, 0.6) is 0 Å². The minimum Gasteiger partial charge on any atom is -0.462 e. The van der Waals surface area contributed by atoms with E-state index in [4.69, 9.17) is 37.0 Å². The maximum absolute atomic E-state index is 13.1. The summed E-state index contributed by atoms with van der Waals surface area (Å²) in [5, 5.41) is 10.6. The Kier molecular flexibility index (Phi) is 69.6. The Labute approximate surface area is 594 Å². The fourth-order valence-electron chi connectivity index (χ4n) is 12.1. The quantitative estimate of drug-likeness (QED) is 0.0222. The number of esters is 4. The predicted molar refractivity (Wildman–Crippen MR) is 395 cm³/mol. The second-order valence-corrected chi connectivity index (χ2v) is 31.5. The van der Waals surface area contributed by atoms with Crippen LogP contribution in [0.25, 0.3) is 0 Å². The molecule has 5 atom stereocenters. The largest absolute Gasteiger partial charge is 0.472 e. The molecule has 19 heteroatoms. The summed E-state index contributed by atoms with van der Waals surface area (Å²) >= 11 is 0. The molecule has 17 nitrogen and oxygen atoms in total. The molecule has 97 heavy (non-hydrogen) atoms. The summed E-state index contributed by atoms with van der Waals surface area (Å²) in [5.74, 6) is -1.29. The monoisotopic (exact) mass is 1420 g/mol. The van der Waals surface area contributed by atoms with Gasteiger partial charge in [-0.25, -0.2) is 9.13 Å².